The number of aryl methyl sites for hydroxylation is 1. The second-order valence-electron chi connectivity index (χ2n) is 5.67. The lowest BCUT2D eigenvalue weighted by Crippen LogP contribution is -2.33. The number of hydrogen-bond donors (Lipinski definition) is 2. The third-order valence-corrected chi connectivity index (χ3v) is 5.62. The van der Waals surface area contributed by atoms with Gasteiger partial charge in [-0.3, -0.25) is 5.10 Å². The summed E-state index contributed by atoms with van der Waals surface area (Å²) in [7, 11) is -3.55. The van der Waals surface area contributed by atoms with E-state index in [0.29, 0.717) is 42.0 Å². The molecule has 1 aliphatic carbocycles. The molecule has 1 aromatic heterocycles. The van der Waals surface area contributed by atoms with Crippen molar-refractivity contribution in [3.05, 3.63) is 23.5 Å². The van der Waals surface area contributed by atoms with Gasteiger partial charge in [0.1, 0.15) is 4.90 Å². The molecular weight excluding hydrogens is 288 g/mol. The summed E-state index contributed by atoms with van der Waals surface area (Å²) in [6, 6.07) is 0.509. The van der Waals surface area contributed by atoms with Crippen LogP contribution >= 0.6 is 0 Å². The van der Waals surface area contributed by atoms with Crippen LogP contribution in [0.15, 0.2) is 17.0 Å². The predicted octanol–water partition coefficient (Wildman–Crippen LogP) is 1.56. The molecule has 0 unspecified atom stereocenters. The van der Waals surface area contributed by atoms with Gasteiger partial charge >= 0.3 is 0 Å². The van der Waals surface area contributed by atoms with Crippen molar-refractivity contribution in [3.8, 4) is 0 Å². The SMILES string of the molecule is C=C(C)CN(CC)S(=O)(=O)c1c(CNC2CC2)n[nH]c1C. The third-order valence-electron chi connectivity index (χ3n) is 3.49. The minimum absolute atomic E-state index is 0.304. The van der Waals surface area contributed by atoms with Crippen LogP contribution in [0.5, 0.6) is 0 Å². The highest BCUT2D eigenvalue weighted by Crippen LogP contribution is 2.24. The summed E-state index contributed by atoms with van der Waals surface area (Å²) in [5, 5.41) is 10.3. The number of aromatic amines is 1. The van der Waals surface area contributed by atoms with Gasteiger partial charge in [0.2, 0.25) is 10.0 Å². The van der Waals surface area contributed by atoms with Crippen molar-refractivity contribution in [2.24, 2.45) is 0 Å². The molecule has 0 amide bonds. The second-order valence-corrected chi connectivity index (χ2v) is 7.54. The normalized spacial score (nSPS) is 15.6. The summed E-state index contributed by atoms with van der Waals surface area (Å²) >= 11 is 0. The topological polar surface area (TPSA) is 78.1 Å². The number of H-pyrrole nitrogens is 1. The zero-order valence-electron chi connectivity index (χ0n) is 12.9. The molecule has 0 radical (unpaired) electrons. The maximum absolute atomic E-state index is 12.9. The van der Waals surface area contributed by atoms with Gasteiger partial charge in [0.15, 0.2) is 0 Å². The molecule has 1 heterocycles. The molecule has 6 nitrogen and oxygen atoms in total. The van der Waals surface area contributed by atoms with Crippen LogP contribution in [0.25, 0.3) is 0 Å². The van der Waals surface area contributed by atoms with E-state index in [2.05, 4.69) is 22.1 Å². The van der Waals surface area contributed by atoms with Gasteiger partial charge in [-0.2, -0.15) is 9.40 Å². The Balaban J connectivity index is 2.28. The number of rotatable bonds is 8. The molecule has 0 spiro atoms. The van der Waals surface area contributed by atoms with Gasteiger partial charge in [-0.05, 0) is 26.7 Å². The van der Waals surface area contributed by atoms with E-state index < -0.39 is 10.0 Å². The molecule has 7 heteroatoms. The summed E-state index contributed by atoms with van der Waals surface area (Å²) in [5.74, 6) is 0. The molecule has 0 aliphatic heterocycles. The zero-order chi connectivity index (χ0) is 15.6. The van der Waals surface area contributed by atoms with Crippen LogP contribution in [-0.2, 0) is 16.6 Å². The first kappa shape index (κ1) is 16.2. The van der Waals surface area contributed by atoms with Crippen molar-refractivity contribution >= 4 is 10.0 Å². The summed E-state index contributed by atoms with van der Waals surface area (Å²) in [6.45, 7) is 10.4. The first-order valence-electron chi connectivity index (χ1n) is 7.28. The van der Waals surface area contributed by atoms with Crippen LogP contribution in [0.2, 0.25) is 0 Å². The van der Waals surface area contributed by atoms with E-state index in [1.54, 1.807) is 6.92 Å². The van der Waals surface area contributed by atoms with Crippen LogP contribution in [0.4, 0.5) is 0 Å². The van der Waals surface area contributed by atoms with E-state index in [1.807, 2.05) is 13.8 Å². The lowest BCUT2D eigenvalue weighted by molar-refractivity contribution is 0.451. The van der Waals surface area contributed by atoms with E-state index >= 15 is 0 Å². The Morgan fingerprint density at radius 2 is 2.19 bits per heavy atom. The van der Waals surface area contributed by atoms with Crippen molar-refractivity contribution in [2.75, 3.05) is 13.1 Å². The smallest absolute Gasteiger partial charge is 0.247 e. The largest absolute Gasteiger partial charge is 0.308 e. The number of likely N-dealkylation sites (N-methyl/N-ethyl adjacent to an activating group) is 1. The molecule has 0 aromatic carbocycles. The summed E-state index contributed by atoms with van der Waals surface area (Å²) < 4.78 is 27.2. The molecule has 0 atom stereocenters. The van der Waals surface area contributed by atoms with Gasteiger partial charge in [0.25, 0.3) is 0 Å². The van der Waals surface area contributed by atoms with Crippen molar-refractivity contribution in [2.45, 2.75) is 51.1 Å². The Labute approximate surface area is 126 Å². The number of nitrogens with one attached hydrogen (secondary N) is 2. The number of nitrogens with zero attached hydrogens (tertiary/aromatic N) is 2. The van der Waals surface area contributed by atoms with E-state index in [4.69, 9.17) is 0 Å². The molecule has 118 valence electrons. The number of aromatic nitrogens is 2. The molecule has 1 aliphatic rings. The minimum Gasteiger partial charge on any atom is -0.308 e. The maximum atomic E-state index is 12.9. The lowest BCUT2D eigenvalue weighted by atomic mass is 10.3. The predicted molar refractivity (Wildman–Crippen MR) is 82.4 cm³/mol. The maximum Gasteiger partial charge on any atom is 0.247 e. The van der Waals surface area contributed by atoms with Gasteiger partial charge in [-0.25, -0.2) is 8.42 Å². The fourth-order valence-corrected chi connectivity index (χ4v) is 4.09. The Morgan fingerprint density at radius 3 is 2.71 bits per heavy atom. The molecule has 0 bridgehead atoms. The molecule has 2 N–H and O–H groups in total. The van der Waals surface area contributed by atoms with Crippen LogP contribution in [0.3, 0.4) is 0 Å². The van der Waals surface area contributed by atoms with Crippen LogP contribution in [0, 0.1) is 6.92 Å². The highest BCUT2D eigenvalue weighted by atomic mass is 32.2. The quantitative estimate of drug-likeness (QED) is 0.714. The summed E-state index contributed by atoms with van der Waals surface area (Å²) in [5.41, 5.74) is 1.97. The molecule has 21 heavy (non-hydrogen) atoms. The highest BCUT2D eigenvalue weighted by Gasteiger charge is 2.30. The van der Waals surface area contributed by atoms with Crippen molar-refractivity contribution in [1.29, 1.82) is 0 Å². The second kappa shape index (κ2) is 6.29. The van der Waals surface area contributed by atoms with E-state index in [-0.39, 0.29) is 0 Å². The Morgan fingerprint density at radius 1 is 1.52 bits per heavy atom. The van der Waals surface area contributed by atoms with Gasteiger partial charge < -0.3 is 5.32 Å². The number of hydrogen-bond acceptors (Lipinski definition) is 4. The van der Waals surface area contributed by atoms with Gasteiger partial charge in [0.05, 0.1) is 11.4 Å². The third kappa shape index (κ3) is 3.72. The van der Waals surface area contributed by atoms with Gasteiger partial charge in [0, 0.05) is 25.7 Å². The number of sulfonamides is 1. The van der Waals surface area contributed by atoms with Gasteiger partial charge in [-0.1, -0.05) is 19.1 Å². The average molecular weight is 312 g/mol. The summed E-state index contributed by atoms with van der Waals surface area (Å²) in [6.07, 6.45) is 2.31. The molecule has 2 rings (SSSR count). The molecule has 0 saturated heterocycles. The first-order chi connectivity index (χ1) is 9.86. The average Bonchev–Trinajstić information content (AvgIpc) is 3.15. The van der Waals surface area contributed by atoms with Crippen LogP contribution in [0.1, 0.15) is 38.1 Å². The first-order valence-corrected chi connectivity index (χ1v) is 8.72. The fourth-order valence-electron chi connectivity index (χ4n) is 2.26. The zero-order valence-corrected chi connectivity index (χ0v) is 13.8. The lowest BCUT2D eigenvalue weighted by Gasteiger charge is -2.21. The van der Waals surface area contributed by atoms with E-state index in [1.165, 1.54) is 4.31 Å². The Bertz CT molecular complexity index is 617. The Kier molecular flexibility index (Phi) is 4.85. The molecule has 1 saturated carbocycles. The van der Waals surface area contributed by atoms with Crippen LogP contribution in [-0.4, -0.2) is 42.1 Å². The van der Waals surface area contributed by atoms with E-state index in [9.17, 15) is 8.42 Å². The van der Waals surface area contributed by atoms with Gasteiger partial charge in [-0.15, -0.1) is 0 Å². The minimum atomic E-state index is -3.55. The van der Waals surface area contributed by atoms with Crippen molar-refractivity contribution in [3.63, 3.8) is 0 Å². The van der Waals surface area contributed by atoms with Crippen molar-refractivity contribution in [1.82, 2.24) is 19.8 Å². The highest BCUT2D eigenvalue weighted by molar-refractivity contribution is 7.89. The molecular formula is C14H24N4O2S. The summed E-state index contributed by atoms with van der Waals surface area (Å²) in [4.78, 5) is 0.304. The monoisotopic (exact) mass is 312 g/mol. The molecule has 1 fully saturated rings. The fraction of sp³-hybridized carbons (Fsp3) is 0.643. The molecule has 1 aromatic rings. The van der Waals surface area contributed by atoms with Crippen molar-refractivity contribution < 1.29 is 8.42 Å². The van der Waals surface area contributed by atoms with Crippen LogP contribution < -0.4 is 5.32 Å². The van der Waals surface area contributed by atoms with E-state index in [0.717, 1.165) is 18.4 Å². The Hall–Kier alpha value is -1.18. The standard InChI is InChI=1S/C14H24N4O2S/c1-5-18(9-10(2)3)21(19,20)14-11(4)16-17-13(14)8-15-12-6-7-12/h12,15H,2,5-9H2,1,3-4H3,(H,16,17).